The fraction of sp³-hybridized carbons (Fsp3) is 0.462. The van der Waals surface area contributed by atoms with Crippen molar-refractivity contribution in [3.05, 3.63) is 24.0 Å². The molecule has 0 atom stereocenters. The summed E-state index contributed by atoms with van der Waals surface area (Å²) in [5.41, 5.74) is 1.41. The van der Waals surface area contributed by atoms with Gasteiger partial charge in [0.15, 0.2) is 0 Å². The van der Waals surface area contributed by atoms with E-state index in [1.807, 2.05) is 12.1 Å². The topological polar surface area (TPSA) is 77.2 Å². The highest BCUT2D eigenvalue weighted by atomic mass is 16.4. The van der Waals surface area contributed by atoms with Crippen LogP contribution >= 0.6 is 0 Å². The van der Waals surface area contributed by atoms with Crippen LogP contribution in [0.15, 0.2) is 18.3 Å². The van der Waals surface area contributed by atoms with Gasteiger partial charge in [0, 0.05) is 31.4 Å². The average Bonchev–Trinajstić information content (AvgIpc) is 2.39. The van der Waals surface area contributed by atoms with Gasteiger partial charge in [-0.2, -0.15) is 5.26 Å². The first-order valence-corrected chi connectivity index (χ1v) is 6.02. The minimum atomic E-state index is -0.718. The van der Waals surface area contributed by atoms with Crippen LogP contribution in [-0.4, -0.2) is 29.1 Å². The molecule has 1 aliphatic rings. The Hall–Kier alpha value is -2.09. The third-order valence-electron chi connectivity index (χ3n) is 3.30. The van der Waals surface area contributed by atoms with Crippen molar-refractivity contribution in [1.82, 2.24) is 4.98 Å². The summed E-state index contributed by atoms with van der Waals surface area (Å²) in [7, 11) is 0. The van der Waals surface area contributed by atoms with Gasteiger partial charge in [-0.15, -0.1) is 0 Å². The van der Waals surface area contributed by atoms with Crippen LogP contribution in [0, 0.1) is 17.2 Å². The second-order valence-electron chi connectivity index (χ2n) is 4.54. The lowest BCUT2D eigenvalue weighted by Crippen LogP contribution is -2.34. The van der Waals surface area contributed by atoms with Gasteiger partial charge in [-0.25, -0.2) is 4.98 Å². The molecule has 1 aromatic heterocycles. The second-order valence-corrected chi connectivity index (χ2v) is 4.54. The molecule has 0 saturated carbocycles. The van der Waals surface area contributed by atoms with Gasteiger partial charge in [0.1, 0.15) is 11.8 Å². The van der Waals surface area contributed by atoms with Crippen molar-refractivity contribution in [2.75, 3.05) is 18.0 Å². The Morgan fingerprint density at radius 1 is 1.56 bits per heavy atom. The number of nitrogens with zero attached hydrogens (tertiary/aromatic N) is 3. The van der Waals surface area contributed by atoms with Crippen LogP contribution in [-0.2, 0) is 4.79 Å². The molecular weight excluding hydrogens is 230 g/mol. The summed E-state index contributed by atoms with van der Waals surface area (Å²) in [5, 5.41) is 17.6. The summed E-state index contributed by atoms with van der Waals surface area (Å²) in [6, 6.07) is 5.69. The first kappa shape index (κ1) is 12.4. The van der Waals surface area contributed by atoms with Crippen molar-refractivity contribution >= 4 is 11.7 Å². The summed E-state index contributed by atoms with van der Waals surface area (Å²) < 4.78 is 0. The van der Waals surface area contributed by atoms with Crippen LogP contribution in [0.4, 0.5) is 5.69 Å². The van der Waals surface area contributed by atoms with Gasteiger partial charge < -0.3 is 10.0 Å². The number of hydrogen-bond acceptors (Lipinski definition) is 4. The van der Waals surface area contributed by atoms with Gasteiger partial charge in [-0.1, -0.05) is 0 Å². The minimum Gasteiger partial charge on any atom is -0.481 e. The first-order valence-electron chi connectivity index (χ1n) is 6.02. The monoisotopic (exact) mass is 245 g/mol. The molecule has 0 spiro atoms. The first-order chi connectivity index (χ1) is 8.69. The Kier molecular flexibility index (Phi) is 3.78. The van der Waals surface area contributed by atoms with E-state index in [2.05, 4.69) is 9.88 Å². The van der Waals surface area contributed by atoms with Crippen LogP contribution in [0.1, 0.15) is 25.0 Å². The molecule has 1 aliphatic heterocycles. The fourth-order valence-electron chi connectivity index (χ4n) is 2.32. The summed E-state index contributed by atoms with van der Waals surface area (Å²) >= 11 is 0. The molecule has 1 aromatic rings. The molecule has 1 fully saturated rings. The average molecular weight is 245 g/mol. The third kappa shape index (κ3) is 2.98. The number of pyridine rings is 1. The van der Waals surface area contributed by atoms with E-state index in [0.29, 0.717) is 5.69 Å². The van der Waals surface area contributed by atoms with Gasteiger partial charge in [0.25, 0.3) is 0 Å². The molecule has 1 N–H and O–H groups in total. The van der Waals surface area contributed by atoms with Gasteiger partial charge in [0.05, 0.1) is 0 Å². The zero-order valence-electron chi connectivity index (χ0n) is 10.0. The molecule has 5 heteroatoms. The molecular formula is C13H15N3O2. The number of rotatable bonds is 3. The van der Waals surface area contributed by atoms with Crippen LogP contribution in [0.2, 0.25) is 0 Å². The molecule has 0 bridgehead atoms. The number of aliphatic carboxylic acids is 1. The van der Waals surface area contributed by atoms with Crippen molar-refractivity contribution in [3.63, 3.8) is 0 Å². The van der Waals surface area contributed by atoms with Gasteiger partial charge >= 0.3 is 5.97 Å². The van der Waals surface area contributed by atoms with Crippen molar-refractivity contribution in [1.29, 1.82) is 5.26 Å². The van der Waals surface area contributed by atoms with E-state index in [-0.39, 0.29) is 12.3 Å². The normalized spacial score (nSPS) is 16.3. The molecule has 0 aromatic carbocycles. The summed E-state index contributed by atoms with van der Waals surface area (Å²) in [5.74, 6) is -0.444. The maximum atomic E-state index is 10.6. The maximum absolute atomic E-state index is 10.6. The number of anilines is 1. The Balaban J connectivity index is 1.97. The number of carboxylic acids is 1. The lowest BCUT2D eigenvalue weighted by molar-refractivity contribution is -0.138. The maximum Gasteiger partial charge on any atom is 0.303 e. The quantitative estimate of drug-likeness (QED) is 0.876. The van der Waals surface area contributed by atoms with Crippen molar-refractivity contribution in [3.8, 4) is 6.07 Å². The fourth-order valence-corrected chi connectivity index (χ4v) is 2.32. The molecule has 1 saturated heterocycles. The zero-order valence-corrected chi connectivity index (χ0v) is 10.0. The van der Waals surface area contributed by atoms with Gasteiger partial charge in [-0.3, -0.25) is 4.79 Å². The minimum absolute atomic E-state index is 0.258. The molecule has 0 amide bonds. The number of aromatic nitrogens is 1. The van der Waals surface area contributed by atoms with Crippen LogP contribution in [0.25, 0.3) is 0 Å². The van der Waals surface area contributed by atoms with Crippen LogP contribution in [0.3, 0.4) is 0 Å². The van der Waals surface area contributed by atoms with Crippen LogP contribution < -0.4 is 4.90 Å². The lowest BCUT2D eigenvalue weighted by atomic mass is 9.93. The van der Waals surface area contributed by atoms with E-state index < -0.39 is 5.97 Å². The predicted molar refractivity (Wildman–Crippen MR) is 66.1 cm³/mol. The van der Waals surface area contributed by atoms with E-state index in [1.165, 1.54) is 0 Å². The molecule has 94 valence electrons. The Bertz CT molecular complexity index is 473. The van der Waals surface area contributed by atoms with E-state index in [4.69, 9.17) is 10.4 Å². The smallest absolute Gasteiger partial charge is 0.303 e. The predicted octanol–water partition coefficient (Wildman–Crippen LogP) is 1.64. The highest BCUT2D eigenvalue weighted by Gasteiger charge is 2.21. The molecule has 2 rings (SSSR count). The highest BCUT2D eigenvalue weighted by Crippen LogP contribution is 2.25. The zero-order chi connectivity index (χ0) is 13.0. The summed E-state index contributed by atoms with van der Waals surface area (Å²) in [4.78, 5) is 16.8. The molecule has 0 unspecified atom stereocenters. The number of carboxylic acid groups (broad SMARTS) is 1. The van der Waals surface area contributed by atoms with E-state index in [0.717, 1.165) is 31.6 Å². The van der Waals surface area contributed by atoms with E-state index in [9.17, 15) is 4.79 Å². The number of piperidine rings is 1. The Morgan fingerprint density at radius 3 is 2.89 bits per heavy atom. The second kappa shape index (κ2) is 5.50. The third-order valence-corrected chi connectivity index (χ3v) is 3.30. The highest BCUT2D eigenvalue weighted by molar-refractivity contribution is 5.67. The number of carbonyl (C=O) groups is 1. The lowest BCUT2D eigenvalue weighted by Gasteiger charge is -2.33. The molecule has 18 heavy (non-hydrogen) atoms. The van der Waals surface area contributed by atoms with Crippen molar-refractivity contribution in [2.45, 2.75) is 19.3 Å². The van der Waals surface area contributed by atoms with Crippen molar-refractivity contribution < 1.29 is 9.90 Å². The Morgan fingerprint density at radius 2 is 2.28 bits per heavy atom. The molecule has 5 nitrogen and oxygen atoms in total. The largest absolute Gasteiger partial charge is 0.481 e. The Labute approximate surface area is 106 Å². The summed E-state index contributed by atoms with van der Waals surface area (Å²) in [6.45, 7) is 1.68. The van der Waals surface area contributed by atoms with Crippen molar-refractivity contribution in [2.24, 2.45) is 5.92 Å². The van der Waals surface area contributed by atoms with E-state index >= 15 is 0 Å². The number of nitriles is 1. The summed E-state index contributed by atoms with van der Waals surface area (Å²) in [6.07, 6.45) is 3.66. The molecule has 0 radical (unpaired) electrons. The van der Waals surface area contributed by atoms with Crippen LogP contribution in [0.5, 0.6) is 0 Å². The van der Waals surface area contributed by atoms with E-state index in [1.54, 1.807) is 12.3 Å². The van der Waals surface area contributed by atoms with Gasteiger partial charge in [-0.05, 0) is 30.9 Å². The number of hydrogen-bond donors (Lipinski definition) is 1. The standard InChI is InChI=1S/C13H15N3O2/c14-9-11-8-12(1-4-15-11)16-5-2-10(3-6-16)7-13(17)18/h1,4,8,10H,2-3,5-7H2,(H,17,18). The molecule has 2 heterocycles. The van der Waals surface area contributed by atoms with Gasteiger partial charge in [0.2, 0.25) is 0 Å². The molecule has 0 aliphatic carbocycles. The SMILES string of the molecule is N#Cc1cc(N2CCC(CC(=O)O)CC2)ccn1.